The number of benzene rings is 2. The van der Waals surface area contributed by atoms with Gasteiger partial charge in [0, 0.05) is 26.2 Å². The van der Waals surface area contributed by atoms with Gasteiger partial charge in [-0.05, 0) is 67.8 Å². The van der Waals surface area contributed by atoms with Gasteiger partial charge >= 0.3 is 0 Å². The Balaban J connectivity index is 1.47. The quantitative estimate of drug-likeness (QED) is 0.471. The van der Waals surface area contributed by atoms with Crippen molar-refractivity contribution in [3.05, 3.63) is 47.5 Å². The van der Waals surface area contributed by atoms with Crippen molar-refractivity contribution in [1.82, 2.24) is 9.88 Å². The number of morpholine rings is 1. The first-order chi connectivity index (χ1) is 16.0. The largest absolute Gasteiger partial charge is 0.497 e. The molecule has 2 aromatic carbocycles. The Morgan fingerprint density at radius 2 is 1.82 bits per heavy atom. The summed E-state index contributed by atoms with van der Waals surface area (Å²) >= 11 is 1.56. The van der Waals surface area contributed by atoms with Gasteiger partial charge in [0.15, 0.2) is 11.7 Å². The number of carbonyl (C=O) groups is 1. The second-order valence-electron chi connectivity index (χ2n) is 8.22. The van der Waals surface area contributed by atoms with Crippen LogP contribution in [0, 0.1) is 13.8 Å². The number of aromatic nitrogens is 1. The van der Waals surface area contributed by atoms with Gasteiger partial charge < -0.3 is 14.2 Å². The first kappa shape index (κ1) is 23.5. The number of fused-ring (bicyclic) bond motifs is 1. The Bertz CT molecular complexity index is 1040. The normalized spacial score (nSPS) is 14.4. The van der Waals surface area contributed by atoms with Crippen LogP contribution in [0.15, 0.2) is 36.4 Å². The molecular weight excluding hydrogens is 438 g/mol. The van der Waals surface area contributed by atoms with Crippen molar-refractivity contribution in [3.63, 3.8) is 0 Å². The van der Waals surface area contributed by atoms with Gasteiger partial charge in [-0.3, -0.25) is 14.6 Å². The molecule has 0 unspecified atom stereocenters. The summed E-state index contributed by atoms with van der Waals surface area (Å²) in [6, 6.07) is 11.5. The summed E-state index contributed by atoms with van der Waals surface area (Å²) in [7, 11) is 1.62. The number of nitrogens with zero attached hydrogens (tertiary/aromatic N) is 3. The predicted octanol–water partition coefficient (Wildman–Crippen LogP) is 4.06. The fourth-order valence-corrected chi connectivity index (χ4v) is 4.87. The van der Waals surface area contributed by atoms with Crippen LogP contribution in [-0.4, -0.2) is 68.9 Å². The number of amides is 1. The zero-order valence-electron chi connectivity index (χ0n) is 19.5. The van der Waals surface area contributed by atoms with Crippen LogP contribution in [0.5, 0.6) is 11.5 Å². The molecule has 0 spiro atoms. The number of carbonyl (C=O) groups excluding carboxylic acids is 1. The lowest BCUT2D eigenvalue weighted by atomic mass is 10.1. The molecule has 1 fully saturated rings. The van der Waals surface area contributed by atoms with Crippen LogP contribution in [0.1, 0.15) is 17.5 Å². The van der Waals surface area contributed by atoms with Crippen molar-refractivity contribution in [2.24, 2.45) is 0 Å². The fourth-order valence-electron chi connectivity index (χ4n) is 3.78. The van der Waals surface area contributed by atoms with E-state index >= 15 is 0 Å². The van der Waals surface area contributed by atoms with E-state index in [2.05, 4.69) is 30.9 Å². The molecule has 1 aliphatic heterocycles. The van der Waals surface area contributed by atoms with Crippen LogP contribution < -0.4 is 14.4 Å². The molecule has 1 aromatic heterocycles. The highest BCUT2D eigenvalue weighted by atomic mass is 32.1. The zero-order chi connectivity index (χ0) is 23.2. The molecule has 176 valence electrons. The minimum atomic E-state index is -0.0969. The maximum atomic E-state index is 13.2. The summed E-state index contributed by atoms with van der Waals surface area (Å²) in [6.07, 6.45) is 0.863. The van der Waals surface area contributed by atoms with Gasteiger partial charge in [0.05, 0.1) is 30.5 Å². The molecule has 0 N–H and O–H groups in total. The smallest absolute Gasteiger partial charge is 0.266 e. The van der Waals surface area contributed by atoms with E-state index in [0.717, 1.165) is 60.4 Å². The molecule has 2 heterocycles. The monoisotopic (exact) mass is 469 g/mol. The van der Waals surface area contributed by atoms with Crippen molar-refractivity contribution in [2.75, 3.05) is 58.0 Å². The average molecular weight is 470 g/mol. The number of anilines is 1. The first-order valence-electron chi connectivity index (χ1n) is 11.3. The van der Waals surface area contributed by atoms with E-state index in [1.54, 1.807) is 35.5 Å². The Labute approximate surface area is 198 Å². The number of thiazole rings is 1. The van der Waals surface area contributed by atoms with Crippen molar-refractivity contribution in [1.29, 1.82) is 0 Å². The Hall–Kier alpha value is -2.68. The van der Waals surface area contributed by atoms with E-state index in [0.29, 0.717) is 12.3 Å². The third-order valence-corrected chi connectivity index (χ3v) is 6.95. The molecule has 33 heavy (non-hydrogen) atoms. The molecule has 1 saturated heterocycles. The SMILES string of the molecule is COc1ccc(OCC(=O)N(CCCN2CCOCC2)c2nc3cc(C)c(C)cc3s2)cc1. The molecule has 4 rings (SSSR count). The van der Waals surface area contributed by atoms with Gasteiger partial charge in [-0.2, -0.15) is 0 Å². The molecule has 3 aromatic rings. The Morgan fingerprint density at radius 3 is 2.55 bits per heavy atom. The van der Waals surface area contributed by atoms with E-state index in [-0.39, 0.29) is 12.5 Å². The van der Waals surface area contributed by atoms with Crippen LogP contribution in [-0.2, 0) is 9.53 Å². The molecule has 1 aliphatic rings. The zero-order valence-corrected chi connectivity index (χ0v) is 20.3. The molecule has 0 atom stereocenters. The number of aryl methyl sites for hydroxylation is 2. The maximum Gasteiger partial charge on any atom is 0.266 e. The van der Waals surface area contributed by atoms with Gasteiger partial charge in [-0.15, -0.1) is 0 Å². The predicted molar refractivity (Wildman–Crippen MR) is 132 cm³/mol. The molecule has 8 heteroatoms. The molecule has 0 aliphatic carbocycles. The van der Waals surface area contributed by atoms with Crippen LogP contribution in [0.4, 0.5) is 5.13 Å². The Morgan fingerprint density at radius 1 is 1.12 bits per heavy atom. The second kappa shape index (κ2) is 11.0. The van der Waals surface area contributed by atoms with Gasteiger partial charge in [-0.25, -0.2) is 4.98 Å². The van der Waals surface area contributed by atoms with E-state index in [4.69, 9.17) is 19.2 Å². The molecule has 7 nitrogen and oxygen atoms in total. The molecule has 0 radical (unpaired) electrons. The molecule has 1 amide bonds. The number of hydrogen-bond acceptors (Lipinski definition) is 7. The van der Waals surface area contributed by atoms with E-state index < -0.39 is 0 Å². The van der Waals surface area contributed by atoms with Crippen LogP contribution in [0.2, 0.25) is 0 Å². The molecule has 0 saturated carbocycles. The number of hydrogen-bond donors (Lipinski definition) is 0. The van der Waals surface area contributed by atoms with Crippen LogP contribution in [0.3, 0.4) is 0 Å². The summed E-state index contributed by atoms with van der Waals surface area (Å²) in [4.78, 5) is 22.2. The summed E-state index contributed by atoms with van der Waals surface area (Å²) < 4.78 is 17.5. The third kappa shape index (κ3) is 6.01. The van der Waals surface area contributed by atoms with Crippen molar-refractivity contribution < 1.29 is 19.0 Å². The van der Waals surface area contributed by atoms with Gasteiger partial charge in [0.1, 0.15) is 11.5 Å². The molecular formula is C25H31N3O4S. The summed E-state index contributed by atoms with van der Waals surface area (Å²) in [5.41, 5.74) is 3.36. The highest BCUT2D eigenvalue weighted by Crippen LogP contribution is 2.31. The first-order valence-corrected chi connectivity index (χ1v) is 12.1. The number of ether oxygens (including phenoxy) is 3. The summed E-state index contributed by atoms with van der Waals surface area (Å²) in [5.74, 6) is 1.28. The lowest BCUT2D eigenvalue weighted by Gasteiger charge is -2.27. The van der Waals surface area contributed by atoms with Crippen molar-refractivity contribution in [3.8, 4) is 11.5 Å². The standard InChI is InChI=1S/C25H31N3O4S/c1-18-15-22-23(16-19(18)2)33-25(26-22)28(10-4-9-27-11-13-31-14-12-27)24(29)17-32-21-7-5-20(30-3)6-8-21/h5-8,15-16H,4,9-14,17H2,1-3H3. The van der Waals surface area contributed by atoms with E-state index in [1.165, 1.54) is 11.1 Å². The van der Waals surface area contributed by atoms with E-state index in [9.17, 15) is 4.79 Å². The van der Waals surface area contributed by atoms with Crippen LogP contribution >= 0.6 is 11.3 Å². The highest BCUT2D eigenvalue weighted by molar-refractivity contribution is 7.22. The number of methoxy groups -OCH3 is 1. The Kier molecular flexibility index (Phi) is 7.80. The minimum Gasteiger partial charge on any atom is -0.497 e. The van der Waals surface area contributed by atoms with Gasteiger partial charge in [0.2, 0.25) is 0 Å². The van der Waals surface area contributed by atoms with E-state index in [1.807, 2.05) is 12.1 Å². The number of rotatable bonds is 9. The summed E-state index contributed by atoms with van der Waals surface area (Å²) in [5, 5.41) is 0.723. The van der Waals surface area contributed by atoms with Crippen molar-refractivity contribution >= 4 is 32.6 Å². The lowest BCUT2D eigenvalue weighted by molar-refractivity contribution is -0.120. The average Bonchev–Trinajstić information content (AvgIpc) is 3.23. The fraction of sp³-hybridized carbons (Fsp3) is 0.440. The topological polar surface area (TPSA) is 64.1 Å². The minimum absolute atomic E-state index is 0.0438. The van der Waals surface area contributed by atoms with Gasteiger partial charge in [-0.1, -0.05) is 11.3 Å². The van der Waals surface area contributed by atoms with Gasteiger partial charge in [0.25, 0.3) is 5.91 Å². The second-order valence-corrected chi connectivity index (χ2v) is 9.23. The molecule has 0 bridgehead atoms. The van der Waals surface area contributed by atoms with Crippen LogP contribution in [0.25, 0.3) is 10.2 Å². The van der Waals surface area contributed by atoms with Crippen molar-refractivity contribution in [2.45, 2.75) is 20.3 Å². The highest BCUT2D eigenvalue weighted by Gasteiger charge is 2.21. The lowest BCUT2D eigenvalue weighted by Crippen LogP contribution is -2.40. The third-order valence-electron chi connectivity index (χ3n) is 5.91. The summed E-state index contributed by atoms with van der Waals surface area (Å²) in [6.45, 7) is 9.09. The maximum absolute atomic E-state index is 13.2.